The molecule has 0 aromatic carbocycles. The Morgan fingerprint density at radius 1 is 1.29 bits per heavy atom. The number of rotatable bonds is 0. The maximum Gasteiger partial charge on any atom is 0.324 e. The first kappa shape index (κ1) is 29.7. The van der Waals surface area contributed by atoms with Gasteiger partial charge < -0.3 is 17.2 Å². The van der Waals surface area contributed by atoms with Gasteiger partial charge in [0.1, 0.15) is 0 Å². The van der Waals surface area contributed by atoms with Crippen LogP contribution in [0.25, 0.3) is 0 Å². The molecule has 0 aliphatic carbocycles. The highest BCUT2D eigenvalue weighted by Gasteiger charge is 1.28. The molecule has 0 rings (SSSR count). The summed E-state index contributed by atoms with van der Waals surface area (Å²) in [4.78, 5) is 6.99. The summed E-state index contributed by atoms with van der Waals surface area (Å²) < 4.78 is 8.46. The van der Waals surface area contributed by atoms with Gasteiger partial charge in [0.25, 0.3) is 0 Å². The van der Waals surface area contributed by atoms with Crippen LogP contribution in [0.4, 0.5) is 0 Å². The summed E-state index contributed by atoms with van der Waals surface area (Å²) >= 11 is 0. The quantitative estimate of drug-likeness (QED) is 0.336. The molecule has 0 radical (unpaired) electrons. The maximum absolute atomic E-state index is 8.46. The molecule has 0 spiro atoms. The molecule has 0 bridgehead atoms. The zero-order valence-corrected chi connectivity index (χ0v) is 5.03. The van der Waals surface area contributed by atoms with Crippen molar-refractivity contribution in [2.45, 2.75) is 0 Å². The summed E-state index contributed by atoms with van der Waals surface area (Å²) in [6.45, 7) is 6.00. The average Bonchev–Trinajstić information content (AvgIpc) is 1.46. The molecule has 4 nitrogen and oxygen atoms in total. The normalized spacial score (nSPS) is 3.57. The predicted octanol–water partition coefficient (Wildman–Crippen LogP) is 1.31. The van der Waals surface area contributed by atoms with Gasteiger partial charge in [-0.1, -0.05) is 0 Å². The lowest BCUT2D eigenvalue weighted by atomic mass is 11.3. The summed E-state index contributed by atoms with van der Waals surface area (Å²) in [5.41, 5.74) is 0. The lowest BCUT2D eigenvalue weighted by Gasteiger charge is -1.24. The second kappa shape index (κ2) is 246. The number of hydrogen-bond acceptors (Lipinski definition) is 3. The molecule has 0 unspecified atom stereocenters. The van der Waals surface area contributed by atoms with Crippen LogP contribution in [0.3, 0.4) is 0 Å². The third kappa shape index (κ3) is 1010. The zero-order valence-electron chi connectivity index (χ0n) is 4.13. The highest BCUT2D eigenvalue weighted by Crippen LogP contribution is 1.66. The lowest BCUT2D eigenvalue weighted by Crippen LogP contribution is -1.03. The molecule has 0 aliphatic rings. The molecule has 0 aromatic rings. The third-order valence-electron chi connectivity index (χ3n) is 0. The zero-order chi connectivity index (χ0) is 4.71. The Balaban J connectivity index is -0.0000000105. The predicted molar refractivity (Wildman–Crippen MR) is 31.1 cm³/mol. The first-order chi connectivity index (χ1) is 2.41. The van der Waals surface area contributed by atoms with Crippen molar-refractivity contribution in [3.05, 3.63) is 13.2 Å². The van der Waals surface area contributed by atoms with Crippen molar-refractivity contribution in [1.82, 2.24) is 12.3 Å². The second-order valence-corrected chi connectivity index (χ2v) is 0.245. The van der Waals surface area contributed by atoms with E-state index in [1.54, 1.807) is 0 Å². The molecule has 46 valence electrons. The third-order valence-corrected chi connectivity index (χ3v) is 0. The van der Waals surface area contributed by atoms with Gasteiger partial charge in [-0.3, -0.25) is 0 Å². The monoisotopic (exact) mass is 126 g/mol. The molecular formula is C2H11N2O2P. The van der Waals surface area contributed by atoms with Crippen molar-refractivity contribution in [3.63, 3.8) is 0 Å². The maximum atomic E-state index is 8.46. The molecule has 7 heavy (non-hydrogen) atoms. The van der Waals surface area contributed by atoms with E-state index in [2.05, 4.69) is 13.2 Å². The first-order valence-corrected chi connectivity index (χ1v) is 1.65. The van der Waals surface area contributed by atoms with Crippen molar-refractivity contribution in [2.75, 3.05) is 0 Å². The van der Waals surface area contributed by atoms with Crippen LogP contribution in [-0.4, -0.2) is 4.89 Å². The van der Waals surface area contributed by atoms with Crippen LogP contribution in [0, 0.1) is 0 Å². The smallest absolute Gasteiger partial charge is 0.324 e. The SMILES string of the molecule is C=C.N.N.O=PO. The molecular weight excluding hydrogens is 115 g/mol. The lowest BCUT2D eigenvalue weighted by molar-refractivity contribution is 0.524. The van der Waals surface area contributed by atoms with Crippen molar-refractivity contribution >= 4 is 8.69 Å². The van der Waals surface area contributed by atoms with E-state index in [0.717, 1.165) is 0 Å². The average molecular weight is 126 g/mol. The fraction of sp³-hybridized carbons (Fsp3) is 0. The molecule has 7 N–H and O–H groups in total. The molecule has 0 amide bonds. The summed E-state index contributed by atoms with van der Waals surface area (Å²) in [7, 11) is -0.833. The summed E-state index contributed by atoms with van der Waals surface area (Å²) in [5, 5.41) is 0. The Bertz CT molecular complexity index is 27.7. The summed E-state index contributed by atoms with van der Waals surface area (Å²) in [6.07, 6.45) is 0. The minimum Gasteiger partial charge on any atom is -0.344 e. The minimum absolute atomic E-state index is 0. The topological polar surface area (TPSA) is 107 Å². The summed E-state index contributed by atoms with van der Waals surface area (Å²) in [6, 6.07) is 0. The van der Waals surface area contributed by atoms with Gasteiger partial charge in [0, 0.05) is 0 Å². The van der Waals surface area contributed by atoms with Gasteiger partial charge in [-0.25, -0.2) is 4.57 Å². The van der Waals surface area contributed by atoms with E-state index in [-0.39, 0.29) is 12.3 Å². The van der Waals surface area contributed by atoms with Gasteiger partial charge >= 0.3 is 8.69 Å². The molecule has 0 aliphatic heterocycles. The van der Waals surface area contributed by atoms with Gasteiger partial charge in [0.05, 0.1) is 0 Å². The standard InChI is InChI=1S/C2H4.2H3N.HO2P/c1-2;;;1-3-2/h1-2H2;2*1H3;(H,1,2). The van der Waals surface area contributed by atoms with Crippen molar-refractivity contribution in [3.8, 4) is 0 Å². The molecule has 0 saturated heterocycles. The van der Waals surface area contributed by atoms with Crippen molar-refractivity contribution < 1.29 is 9.46 Å². The fourth-order valence-corrected chi connectivity index (χ4v) is 0. The largest absolute Gasteiger partial charge is 0.344 e. The van der Waals surface area contributed by atoms with E-state index in [0.29, 0.717) is 0 Å². The molecule has 0 saturated carbocycles. The van der Waals surface area contributed by atoms with Crippen LogP contribution < -0.4 is 12.3 Å². The fourth-order valence-electron chi connectivity index (χ4n) is 0. The van der Waals surface area contributed by atoms with Crippen LogP contribution in [-0.2, 0) is 4.57 Å². The van der Waals surface area contributed by atoms with E-state index in [1.807, 2.05) is 0 Å². The van der Waals surface area contributed by atoms with E-state index >= 15 is 0 Å². The van der Waals surface area contributed by atoms with Crippen LogP contribution in [0.1, 0.15) is 0 Å². The van der Waals surface area contributed by atoms with Gasteiger partial charge in [-0.15, -0.1) is 13.2 Å². The van der Waals surface area contributed by atoms with Crippen molar-refractivity contribution in [2.24, 2.45) is 0 Å². The van der Waals surface area contributed by atoms with Crippen molar-refractivity contribution in [1.29, 1.82) is 0 Å². The Morgan fingerprint density at radius 3 is 1.29 bits per heavy atom. The summed E-state index contributed by atoms with van der Waals surface area (Å²) in [5.74, 6) is 0. The van der Waals surface area contributed by atoms with Gasteiger partial charge in [0.15, 0.2) is 0 Å². The van der Waals surface area contributed by atoms with Gasteiger partial charge in [0.2, 0.25) is 0 Å². The van der Waals surface area contributed by atoms with E-state index in [4.69, 9.17) is 9.46 Å². The Hall–Kier alpha value is -0.280. The Morgan fingerprint density at radius 2 is 1.29 bits per heavy atom. The van der Waals surface area contributed by atoms with Crippen LogP contribution in [0.2, 0.25) is 0 Å². The Labute approximate surface area is 44.7 Å². The van der Waals surface area contributed by atoms with Gasteiger partial charge in [-0.05, 0) is 0 Å². The van der Waals surface area contributed by atoms with Gasteiger partial charge in [-0.2, -0.15) is 0 Å². The Kier molecular flexibility index (Phi) is 1040. The highest BCUT2D eigenvalue weighted by atomic mass is 31.1. The molecule has 0 fully saturated rings. The van der Waals surface area contributed by atoms with Crippen LogP contribution >= 0.6 is 8.69 Å². The molecule has 0 heterocycles. The number of hydrogen-bond donors (Lipinski definition) is 3. The second-order valence-electron chi connectivity index (χ2n) is 0.0816. The first-order valence-electron chi connectivity index (χ1n) is 0.883. The molecule has 5 heteroatoms. The highest BCUT2D eigenvalue weighted by molar-refractivity contribution is 7.16. The molecule has 0 aromatic heterocycles. The van der Waals surface area contributed by atoms with E-state index in [9.17, 15) is 0 Å². The minimum atomic E-state index is -0.833. The molecule has 0 atom stereocenters. The van der Waals surface area contributed by atoms with E-state index in [1.165, 1.54) is 0 Å². The van der Waals surface area contributed by atoms with Crippen LogP contribution in [0.15, 0.2) is 13.2 Å². The van der Waals surface area contributed by atoms with E-state index < -0.39 is 8.69 Å². The van der Waals surface area contributed by atoms with Crippen LogP contribution in [0.5, 0.6) is 0 Å².